The Bertz CT molecular complexity index is 1340. The van der Waals surface area contributed by atoms with Gasteiger partial charge in [0, 0.05) is 14.0 Å². The summed E-state index contributed by atoms with van der Waals surface area (Å²) in [7, 11) is 1.66. The van der Waals surface area contributed by atoms with Crippen LogP contribution >= 0.6 is 0 Å². The molecule has 0 aromatic heterocycles. The van der Waals surface area contributed by atoms with Crippen LogP contribution in [0.2, 0.25) is 0 Å². The summed E-state index contributed by atoms with van der Waals surface area (Å²) in [6.07, 6.45) is 3.27. The standard InChI is InChI=1S/C38H60O10/c1-19-26-21(47-38(43-9)29(19)48-33(5,6)31(38)42)16-35(8)24-11-10-23-32(3,4)25(12-13-36(23)18-37(24,36)15-14-34(26,35)7)46-30-28(41)27(40)22(17-44-30)45-20(2)39/h19,21-31,40-42H,10-18H2,1-9H3. The van der Waals surface area contributed by atoms with E-state index in [1.807, 2.05) is 13.8 Å². The number of rotatable bonds is 4. The van der Waals surface area contributed by atoms with Gasteiger partial charge in [-0.05, 0) is 116 Å². The highest BCUT2D eigenvalue weighted by Crippen LogP contribution is 2.89. The van der Waals surface area contributed by atoms with Crippen molar-refractivity contribution in [2.75, 3.05) is 13.7 Å². The zero-order valence-corrected chi connectivity index (χ0v) is 30.5. The third-order valence-corrected chi connectivity index (χ3v) is 16.7. The maximum absolute atomic E-state index is 11.5. The number of carbonyl (C=O) groups excluding carboxylic acids is 1. The number of aliphatic hydroxyl groups excluding tert-OH is 3. The predicted molar refractivity (Wildman–Crippen MR) is 173 cm³/mol. The summed E-state index contributed by atoms with van der Waals surface area (Å²) in [6.45, 7) is 17.3. The molecule has 8 fully saturated rings. The lowest BCUT2D eigenvalue weighted by atomic mass is 9.41. The first-order valence-corrected chi connectivity index (χ1v) is 18.7. The van der Waals surface area contributed by atoms with Crippen molar-refractivity contribution in [2.45, 2.75) is 167 Å². The van der Waals surface area contributed by atoms with E-state index in [1.54, 1.807) is 7.11 Å². The highest BCUT2D eigenvalue weighted by molar-refractivity contribution is 5.66. The van der Waals surface area contributed by atoms with Gasteiger partial charge in [-0.1, -0.05) is 34.6 Å². The number of fused-ring (bicyclic) bond motifs is 5. The van der Waals surface area contributed by atoms with Gasteiger partial charge in [0.15, 0.2) is 12.4 Å². The van der Waals surface area contributed by atoms with Gasteiger partial charge in [-0.25, -0.2) is 0 Å². The number of esters is 1. The maximum atomic E-state index is 11.5. The van der Waals surface area contributed by atoms with E-state index in [9.17, 15) is 20.1 Å². The number of methoxy groups -OCH3 is 1. The predicted octanol–water partition coefficient (Wildman–Crippen LogP) is 4.35. The number of hydrogen-bond donors (Lipinski definition) is 3. The molecule has 3 saturated heterocycles. The Balaban J connectivity index is 1.03. The van der Waals surface area contributed by atoms with Gasteiger partial charge in [-0.3, -0.25) is 4.79 Å². The molecular formula is C38H60O10. The van der Waals surface area contributed by atoms with Gasteiger partial charge >= 0.3 is 5.97 Å². The van der Waals surface area contributed by atoms with Crippen LogP contribution in [0, 0.1) is 50.7 Å². The van der Waals surface area contributed by atoms with Crippen molar-refractivity contribution in [2.24, 2.45) is 50.7 Å². The molecule has 5 saturated carbocycles. The second-order valence-electron chi connectivity index (χ2n) is 19.0. The van der Waals surface area contributed by atoms with Crippen molar-refractivity contribution in [3.63, 3.8) is 0 Å². The van der Waals surface area contributed by atoms with E-state index in [0.717, 1.165) is 25.7 Å². The van der Waals surface area contributed by atoms with Crippen LogP contribution in [0.1, 0.15) is 107 Å². The Morgan fingerprint density at radius 1 is 0.854 bits per heavy atom. The SMILES string of the molecule is COC12OC3CC4(C)C5CCC6C(C)(C)C(OC7OCC(OC(C)=O)C(O)C7O)CCC67CC57CCC4(C)C3C(C)C1OC(C)(C)C2O. The molecule has 2 spiro atoms. The smallest absolute Gasteiger partial charge is 0.303 e. The zero-order chi connectivity index (χ0) is 34.6. The van der Waals surface area contributed by atoms with Gasteiger partial charge in [0.2, 0.25) is 5.79 Å². The molecule has 8 rings (SSSR count). The highest BCUT2D eigenvalue weighted by atomic mass is 16.7. The Morgan fingerprint density at radius 3 is 2.23 bits per heavy atom. The van der Waals surface area contributed by atoms with E-state index in [1.165, 1.54) is 32.6 Å². The molecule has 0 aromatic carbocycles. The van der Waals surface area contributed by atoms with Gasteiger partial charge in [0.25, 0.3) is 0 Å². The molecule has 3 heterocycles. The monoisotopic (exact) mass is 676 g/mol. The summed E-state index contributed by atoms with van der Waals surface area (Å²) in [4.78, 5) is 11.5. The number of ether oxygens (including phenoxy) is 6. The van der Waals surface area contributed by atoms with Crippen LogP contribution in [0.5, 0.6) is 0 Å². The maximum Gasteiger partial charge on any atom is 0.303 e. The Hall–Kier alpha value is -0.850. The fourth-order valence-electron chi connectivity index (χ4n) is 14.5. The van der Waals surface area contributed by atoms with Crippen LogP contribution in [0.4, 0.5) is 0 Å². The molecule has 8 aliphatic rings. The van der Waals surface area contributed by atoms with Crippen LogP contribution in [0.15, 0.2) is 0 Å². The summed E-state index contributed by atoms with van der Waals surface area (Å²) >= 11 is 0. The normalized spacial score (nSPS) is 58.8. The van der Waals surface area contributed by atoms with Crippen LogP contribution < -0.4 is 0 Å². The van der Waals surface area contributed by atoms with E-state index in [2.05, 4.69) is 34.6 Å². The molecule has 5 aliphatic carbocycles. The first-order chi connectivity index (χ1) is 22.4. The molecule has 10 nitrogen and oxygen atoms in total. The molecule has 17 atom stereocenters. The van der Waals surface area contributed by atoms with Gasteiger partial charge < -0.3 is 43.7 Å². The number of hydrogen-bond acceptors (Lipinski definition) is 10. The quantitative estimate of drug-likeness (QED) is 0.292. The molecular weight excluding hydrogens is 616 g/mol. The summed E-state index contributed by atoms with van der Waals surface area (Å²) in [5, 5.41) is 33.1. The second kappa shape index (κ2) is 10.4. The van der Waals surface area contributed by atoms with Gasteiger partial charge in [0.1, 0.15) is 24.4 Å². The molecule has 272 valence electrons. The van der Waals surface area contributed by atoms with Crippen molar-refractivity contribution in [1.29, 1.82) is 0 Å². The molecule has 48 heavy (non-hydrogen) atoms. The van der Waals surface area contributed by atoms with E-state index in [-0.39, 0.29) is 52.5 Å². The topological polar surface area (TPSA) is 133 Å². The van der Waals surface area contributed by atoms with E-state index in [0.29, 0.717) is 23.2 Å². The lowest BCUT2D eigenvalue weighted by molar-refractivity contribution is -0.337. The Kier molecular flexibility index (Phi) is 7.41. The highest BCUT2D eigenvalue weighted by Gasteiger charge is 2.84. The third kappa shape index (κ3) is 4.01. The number of aliphatic hydroxyl groups is 3. The van der Waals surface area contributed by atoms with Crippen LogP contribution in [-0.4, -0.2) is 95.4 Å². The van der Waals surface area contributed by atoms with Gasteiger partial charge in [0.05, 0.1) is 24.4 Å². The summed E-state index contributed by atoms with van der Waals surface area (Å²) < 4.78 is 37.3. The van der Waals surface area contributed by atoms with Crippen LogP contribution in [0.25, 0.3) is 0 Å². The minimum Gasteiger partial charge on any atom is -0.457 e. The first-order valence-electron chi connectivity index (χ1n) is 18.7. The molecule has 0 aromatic rings. The average molecular weight is 677 g/mol. The fourth-order valence-corrected chi connectivity index (χ4v) is 14.5. The van der Waals surface area contributed by atoms with Gasteiger partial charge in [-0.15, -0.1) is 0 Å². The lowest BCUT2D eigenvalue weighted by Gasteiger charge is -2.63. The summed E-state index contributed by atoms with van der Waals surface area (Å²) in [6, 6.07) is 0. The molecule has 10 heteroatoms. The van der Waals surface area contributed by atoms with E-state index >= 15 is 0 Å². The summed E-state index contributed by atoms with van der Waals surface area (Å²) in [5.41, 5.74) is -0.0915. The van der Waals surface area contributed by atoms with E-state index in [4.69, 9.17) is 28.4 Å². The number of carbonyl (C=O) groups is 1. The van der Waals surface area contributed by atoms with Crippen molar-refractivity contribution >= 4 is 5.97 Å². The zero-order valence-electron chi connectivity index (χ0n) is 30.5. The molecule has 0 bridgehead atoms. The minimum absolute atomic E-state index is 0.00938. The molecule has 17 unspecified atom stereocenters. The first kappa shape index (κ1) is 34.2. The average Bonchev–Trinajstić information content (AvgIpc) is 3.55. The van der Waals surface area contributed by atoms with Crippen molar-refractivity contribution < 1.29 is 48.5 Å². The Morgan fingerprint density at radius 2 is 1.54 bits per heavy atom. The minimum atomic E-state index is -1.29. The van der Waals surface area contributed by atoms with Crippen molar-refractivity contribution in [3.05, 3.63) is 0 Å². The van der Waals surface area contributed by atoms with Gasteiger partial charge in [-0.2, -0.15) is 0 Å². The van der Waals surface area contributed by atoms with Crippen molar-refractivity contribution in [1.82, 2.24) is 0 Å². The lowest BCUT2D eigenvalue weighted by Crippen LogP contribution is -2.63. The third-order valence-electron chi connectivity index (χ3n) is 16.7. The summed E-state index contributed by atoms with van der Waals surface area (Å²) in [5.74, 6) is -0.0384. The molecule has 3 aliphatic heterocycles. The Labute approximate surface area is 285 Å². The van der Waals surface area contributed by atoms with E-state index < -0.39 is 48.1 Å². The largest absolute Gasteiger partial charge is 0.457 e. The fraction of sp³-hybridized carbons (Fsp3) is 0.974. The second-order valence-corrected chi connectivity index (χ2v) is 19.0. The molecule has 3 N–H and O–H groups in total. The van der Waals surface area contributed by atoms with Crippen LogP contribution in [0.3, 0.4) is 0 Å². The molecule has 0 amide bonds. The molecule has 0 radical (unpaired) electrons. The van der Waals surface area contributed by atoms with Crippen molar-refractivity contribution in [3.8, 4) is 0 Å². The van der Waals surface area contributed by atoms with Crippen LogP contribution in [-0.2, 0) is 33.2 Å².